The van der Waals surface area contributed by atoms with Gasteiger partial charge in [0.1, 0.15) is 0 Å². The maximum absolute atomic E-state index is 9.67. The first-order valence-electron chi connectivity index (χ1n) is 5.20. The molecule has 0 radical (unpaired) electrons. The Hall–Kier alpha value is 0.671. The van der Waals surface area contributed by atoms with Crippen LogP contribution < -0.4 is 0 Å². The molecule has 0 saturated carbocycles. The topological polar surface area (TPSA) is 9.23 Å². The van der Waals surface area contributed by atoms with Gasteiger partial charge in [0, 0.05) is 0 Å². The van der Waals surface area contributed by atoms with Crippen LogP contribution in [0.4, 0.5) is 12.9 Å². The third-order valence-electron chi connectivity index (χ3n) is 1.75. The van der Waals surface area contributed by atoms with E-state index in [-0.39, 0.29) is 0 Å². The maximum atomic E-state index is 9.67. The molecule has 1 rings (SSSR count). The molecule has 0 aromatic heterocycles. The molecule has 0 N–H and O–H groups in total. The second-order valence-electron chi connectivity index (χ2n) is 3.14. The number of ether oxygens (including phenoxy) is 1. The summed E-state index contributed by atoms with van der Waals surface area (Å²) in [6.45, 7) is 1.70. The summed E-state index contributed by atoms with van der Waals surface area (Å²) < 4.78 is 35.9. The zero-order valence-corrected chi connectivity index (χ0v) is 12.5. The van der Waals surface area contributed by atoms with Crippen LogP contribution in [0.25, 0.3) is 0 Å². The van der Waals surface area contributed by atoms with E-state index in [0.717, 1.165) is 62.2 Å². The van der Waals surface area contributed by atoms with Gasteiger partial charge in [-0.1, -0.05) is 0 Å². The molecular weight excluding hydrogens is 243 g/mol. The molecule has 0 heterocycles. The fourth-order valence-corrected chi connectivity index (χ4v) is 1.46. The molecule has 0 unspecified atom stereocenters. The third-order valence-corrected chi connectivity index (χ3v) is 2.86. The second kappa shape index (κ2) is 12.1. The van der Waals surface area contributed by atoms with E-state index in [1.165, 1.54) is 12.5 Å². The summed E-state index contributed by atoms with van der Waals surface area (Å²) in [5.41, 5.74) is 1.27. The Morgan fingerprint density at radius 1 is 1.12 bits per heavy atom. The number of hydrogen-bond acceptors (Lipinski definition) is 1. The summed E-state index contributed by atoms with van der Waals surface area (Å²) in [6.07, 6.45) is 1.24. The van der Waals surface area contributed by atoms with Crippen molar-refractivity contribution in [2.75, 3.05) is 6.61 Å². The first kappa shape index (κ1) is 16.7. The van der Waals surface area contributed by atoms with E-state index in [2.05, 4.69) is 12.1 Å². The van der Waals surface area contributed by atoms with E-state index in [9.17, 15) is 12.9 Å². The summed E-state index contributed by atoms with van der Waals surface area (Å²) in [6, 6.07) is 10.3. The average molecular weight is 256 g/mol. The van der Waals surface area contributed by atoms with Gasteiger partial charge in [-0.15, -0.1) is 0 Å². The van der Waals surface area contributed by atoms with Crippen LogP contribution in [0.5, 0.6) is 0 Å². The minimum atomic E-state index is -3.67. The Kier molecular flexibility index (Phi) is 12.6. The molecule has 0 aliphatic carbocycles. The van der Waals surface area contributed by atoms with Crippen molar-refractivity contribution in [2.24, 2.45) is 0 Å². The van der Waals surface area contributed by atoms with Gasteiger partial charge in [-0.2, -0.15) is 0 Å². The van der Waals surface area contributed by atoms with E-state index >= 15 is 0 Å². The summed E-state index contributed by atoms with van der Waals surface area (Å²) in [5, 5.41) is 0. The molecule has 0 bridgehead atoms. The Balaban J connectivity index is 0.000000487. The van der Waals surface area contributed by atoms with E-state index in [0.29, 0.717) is 0 Å². The summed E-state index contributed by atoms with van der Waals surface area (Å²) in [4.78, 5) is 0. The van der Waals surface area contributed by atoms with Crippen molar-refractivity contribution >= 4 is 56.5 Å². The summed E-state index contributed by atoms with van der Waals surface area (Å²) >= 11 is 0.989. The van der Waals surface area contributed by atoms with Gasteiger partial charge in [-0.25, -0.2) is 0 Å². The fraction of sp³-hybridized carbons (Fsp3) is 0.400. The van der Waals surface area contributed by atoms with Crippen LogP contribution in [0.15, 0.2) is 30.3 Å². The van der Waals surface area contributed by atoms with Crippen molar-refractivity contribution in [3.8, 4) is 0 Å². The summed E-state index contributed by atoms with van der Waals surface area (Å²) in [7, 11) is -3.67. The number of rotatable bonds is 5. The van der Waals surface area contributed by atoms with Crippen LogP contribution in [-0.4, -0.2) is 63.1 Å². The van der Waals surface area contributed by atoms with E-state index in [1.54, 1.807) is 0 Å². The Morgan fingerprint density at radius 3 is 2.19 bits per heavy atom. The monoisotopic (exact) mass is 256 g/mol. The molecule has 0 spiro atoms. The molecule has 6 heteroatoms. The zero-order valence-electron chi connectivity index (χ0n) is 9.33. The molecule has 0 amide bonds. The molecule has 0 aliphatic heterocycles. The minimum absolute atomic E-state index is 0.772. The number of halogens is 3. The molecule has 84 valence electrons. The fourth-order valence-electron chi connectivity index (χ4n) is 1.01. The van der Waals surface area contributed by atoms with Gasteiger partial charge in [-0.3, -0.25) is 12.9 Å². The van der Waals surface area contributed by atoms with Gasteiger partial charge < -0.3 is 0 Å². The van der Waals surface area contributed by atoms with Gasteiger partial charge in [0.15, 0.2) is 0 Å². The number of hydrogen-bond donors (Lipinski definition) is 0. The van der Waals surface area contributed by atoms with Gasteiger partial charge in [-0.05, 0) is 0 Å². The van der Waals surface area contributed by atoms with Crippen molar-refractivity contribution in [1.82, 2.24) is 0 Å². The van der Waals surface area contributed by atoms with E-state index in [4.69, 9.17) is 4.74 Å². The summed E-state index contributed by atoms with van der Waals surface area (Å²) in [5.74, 6) is 0. The Labute approximate surface area is 129 Å². The Morgan fingerprint density at radius 2 is 1.69 bits per heavy atom. The molecular formula is C10H13BF3KO. The molecule has 16 heavy (non-hydrogen) atoms. The number of benzene rings is 1. The molecule has 0 saturated heterocycles. The van der Waals surface area contributed by atoms with Crippen molar-refractivity contribution in [3.05, 3.63) is 35.9 Å². The molecule has 1 nitrogen and oxygen atoms in total. The van der Waals surface area contributed by atoms with Gasteiger partial charge in [0.25, 0.3) is 0 Å². The Bertz CT molecular complexity index is 246. The van der Waals surface area contributed by atoms with Crippen molar-refractivity contribution in [1.29, 1.82) is 0 Å². The average Bonchev–Trinajstić information content (AvgIpc) is 2.25. The predicted octanol–water partition coefficient (Wildman–Crippen LogP) is 3.06. The quantitative estimate of drug-likeness (QED) is 0.581. The van der Waals surface area contributed by atoms with Crippen molar-refractivity contribution in [3.63, 3.8) is 0 Å². The van der Waals surface area contributed by atoms with Crippen molar-refractivity contribution in [2.45, 2.75) is 13.5 Å². The normalized spacial score (nSPS) is 9.31. The molecule has 1 aromatic carbocycles. The molecule has 0 atom stereocenters. The van der Waals surface area contributed by atoms with Gasteiger partial charge in [0.2, 0.25) is 0 Å². The third kappa shape index (κ3) is 12.7. The standard InChI is InChI=1S/C10H13O.BF3.K/c1-2-8-11-9-10-6-4-3-5-7-10;2-1(3)4;/h3-7H,1-2,8-9H2;;. The van der Waals surface area contributed by atoms with Crippen LogP contribution in [0.2, 0.25) is 0.515 Å². The van der Waals surface area contributed by atoms with Crippen LogP contribution in [0.1, 0.15) is 12.0 Å². The molecule has 1 aromatic rings. The zero-order chi connectivity index (χ0) is 12.2. The predicted molar refractivity (Wildman–Crippen MR) is 60.4 cm³/mol. The van der Waals surface area contributed by atoms with Crippen LogP contribution >= 0.6 is 0 Å². The molecule has 0 aliphatic rings. The van der Waals surface area contributed by atoms with E-state index < -0.39 is 7.54 Å². The first-order chi connectivity index (χ1) is 7.66. The van der Waals surface area contributed by atoms with Gasteiger partial charge >= 0.3 is 117 Å². The van der Waals surface area contributed by atoms with Crippen LogP contribution in [0, 0.1) is 0 Å². The van der Waals surface area contributed by atoms with E-state index in [1.807, 2.05) is 18.2 Å². The molecule has 0 fully saturated rings. The van der Waals surface area contributed by atoms with Gasteiger partial charge in [0.05, 0.1) is 0 Å². The first-order valence-corrected chi connectivity index (χ1v) is 7.41. The van der Waals surface area contributed by atoms with Crippen molar-refractivity contribution < 1.29 is 17.7 Å². The SMILES string of the molecule is FB(F)F.[K][CH2]CCOCc1ccccc1. The van der Waals surface area contributed by atoms with Crippen LogP contribution in [0.3, 0.4) is 0 Å². The second-order valence-corrected chi connectivity index (χ2v) is 4.70. The van der Waals surface area contributed by atoms with Crippen LogP contribution in [-0.2, 0) is 11.3 Å².